The standard InChI is InChI=1S/C15H16N2O/c1-11-6-2-3-7-12(11)10-18-14-9-5-4-8-13(14)15(16)17/h2-9H,10H2,1H3,(H3,16,17). The van der Waals surface area contributed by atoms with E-state index >= 15 is 0 Å². The number of nitrogens with one attached hydrogen (secondary N) is 1. The van der Waals surface area contributed by atoms with Crippen molar-refractivity contribution in [2.75, 3.05) is 0 Å². The highest BCUT2D eigenvalue weighted by Gasteiger charge is 2.06. The Morgan fingerprint density at radius 3 is 2.50 bits per heavy atom. The first-order valence-electron chi connectivity index (χ1n) is 5.79. The number of para-hydroxylation sites is 1. The third-order valence-electron chi connectivity index (χ3n) is 2.82. The summed E-state index contributed by atoms with van der Waals surface area (Å²) in [5, 5.41) is 7.50. The maximum absolute atomic E-state index is 7.50. The van der Waals surface area contributed by atoms with E-state index in [0.717, 1.165) is 5.56 Å². The van der Waals surface area contributed by atoms with Gasteiger partial charge in [-0.2, -0.15) is 0 Å². The van der Waals surface area contributed by atoms with Crippen LogP contribution in [-0.2, 0) is 6.61 Å². The average molecular weight is 240 g/mol. The molecule has 0 spiro atoms. The molecule has 92 valence electrons. The van der Waals surface area contributed by atoms with E-state index in [4.69, 9.17) is 15.9 Å². The Morgan fingerprint density at radius 1 is 1.11 bits per heavy atom. The third kappa shape index (κ3) is 2.69. The molecule has 18 heavy (non-hydrogen) atoms. The smallest absolute Gasteiger partial charge is 0.130 e. The molecular formula is C15H16N2O. The third-order valence-corrected chi connectivity index (χ3v) is 2.82. The van der Waals surface area contributed by atoms with Gasteiger partial charge in [0.15, 0.2) is 0 Å². The Bertz CT molecular complexity index is 564. The number of rotatable bonds is 4. The van der Waals surface area contributed by atoms with Crippen LogP contribution < -0.4 is 10.5 Å². The van der Waals surface area contributed by atoms with Crippen molar-refractivity contribution in [3.8, 4) is 5.75 Å². The Morgan fingerprint density at radius 2 is 1.78 bits per heavy atom. The van der Waals surface area contributed by atoms with Gasteiger partial charge in [0, 0.05) is 0 Å². The van der Waals surface area contributed by atoms with Gasteiger partial charge in [0.25, 0.3) is 0 Å². The van der Waals surface area contributed by atoms with Crippen molar-refractivity contribution in [3.05, 3.63) is 65.2 Å². The van der Waals surface area contributed by atoms with Crippen molar-refractivity contribution < 1.29 is 4.74 Å². The molecule has 0 radical (unpaired) electrons. The highest BCUT2D eigenvalue weighted by Crippen LogP contribution is 2.19. The zero-order chi connectivity index (χ0) is 13.0. The topological polar surface area (TPSA) is 59.1 Å². The fourth-order valence-electron chi connectivity index (χ4n) is 1.74. The number of hydrogen-bond donors (Lipinski definition) is 2. The van der Waals surface area contributed by atoms with Gasteiger partial charge >= 0.3 is 0 Å². The highest BCUT2D eigenvalue weighted by atomic mass is 16.5. The van der Waals surface area contributed by atoms with E-state index in [-0.39, 0.29) is 5.84 Å². The van der Waals surface area contributed by atoms with Crippen LogP contribution in [0.2, 0.25) is 0 Å². The minimum absolute atomic E-state index is 0.0235. The van der Waals surface area contributed by atoms with Crippen LogP contribution in [0.25, 0.3) is 0 Å². The molecule has 0 bridgehead atoms. The van der Waals surface area contributed by atoms with Gasteiger partial charge in [0.05, 0.1) is 5.56 Å². The van der Waals surface area contributed by atoms with Crippen molar-refractivity contribution in [1.82, 2.24) is 0 Å². The van der Waals surface area contributed by atoms with Gasteiger partial charge in [0.1, 0.15) is 18.2 Å². The largest absolute Gasteiger partial charge is 0.488 e. The maximum Gasteiger partial charge on any atom is 0.130 e. The molecule has 0 amide bonds. The summed E-state index contributed by atoms with van der Waals surface area (Å²) in [6.07, 6.45) is 0. The fourth-order valence-corrected chi connectivity index (χ4v) is 1.74. The molecule has 0 aromatic heterocycles. The van der Waals surface area contributed by atoms with Crippen LogP contribution >= 0.6 is 0 Å². The van der Waals surface area contributed by atoms with Gasteiger partial charge in [-0.05, 0) is 30.2 Å². The molecule has 2 rings (SSSR count). The molecule has 0 heterocycles. The molecule has 3 N–H and O–H groups in total. The maximum atomic E-state index is 7.50. The van der Waals surface area contributed by atoms with Crippen LogP contribution in [0.1, 0.15) is 16.7 Å². The van der Waals surface area contributed by atoms with E-state index in [1.54, 1.807) is 6.07 Å². The van der Waals surface area contributed by atoms with E-state index in [1.807, 2.05) is 36.4 Å². The Hall–Kier alpha value is -2.29. The molecule has 0 aliphatic heterocycles. The van der Waals surface area contributed by atoms with Gasteiger partial charge < -0.3 is 10.5 Å². The molecular weight excluding hydrogens is 224 g/mol. The summed E-state index contributed by atoms with van der Waals surface area (Å²) in [4.78, 5) is 0. The lowest BCUT2D eigenvalue weighted by atomic mass is 10.1. The summed E-state index contributed by atoms with van der Waals surface area (Å²) in [7, 11) is 0. The van der Waals surface area contributed by atoms with E-state index in [0.29, 0.717) is 17.9 Å². The van der Waals surface area contributed by atoms with Crippen molar-refractivity contribution in [3.63, 3.8) is 0 Å². The Balaban J connectivity index is 2.16. The Kier molecular flexibility index (Phi) is 3.63. The number of aryl methyl sites for hydroxylation is 1. The van der Waals surface area contributed by atoms with Gasteiger partial charge in [-0.15, -0.1) is 0 Å². The first-order valence-corrected chi connectivity index (χ1v) is 5.79. The quantitative estimate of drug-likeness (QED) is 0.637. The molecule has 0 aliphatic carbocycles. The molecule has 0 atom stereocenters. The molecule has 3 heteroatoms. The van der Waals surface area contributed by atoms with Crippen LogP contribution in [0.5, 0.6) is 5.75 Å². The van der Waals surface area contributed by atoms with E-state index in [9.17, 15) is 0 Å². The van der Waals surface area contributed by atoms with Gasteiger partial charge in [0.2, 0.25) is 0 Å². The van der Waals surface area contributed by atoms with E-state index in [2.05, 4.69) is 13.0 Å². The Labute approximate surface area is 107 Å². The lowest BCUT2D eigenvalue weighted by Gasteiger charge is -2.11. The van der Waals surface area contributed by atoms with Gasteiger partial charge in [-0.3, -0.25) is 5.41 Å². The second-order valence-electron chi connectivity index (χ2n) is 4.12. The summed E-state index contributed by atoms with van der Waals surface area (Å²) < 4.78 is 5.74. The summed E-state index contributed by atoms with van der Waals surface area (Å²) in [5.74, 6) is 0.670. The van der Waals surface area contributed by atoms with E-state index in [1.165, 1.54) is 5.56 Å². The van der Waals surface area contributed by atoms with E-state index < -0.39 is 0 Å². The number of ether oxygens (including phenoxy) is 1. The van der Waals surface area contributed by atoms with Crippen LogP contribution in [0.15, 0.2) is 48.5 Å². The molecule has 2 aromatic rings. The zero-order valence-electron chi connectivity index (χ0n) is 10.3. The van der Waals surface area contributed by atoms with Gasteiger partial charge in [-0.1, -0.05) is 36.4 Å². The van der Waals surface area contributed by atoms with Crippen LogP contribution in [0, 0.1) is 12.3 Å². The second-order valence-corrected chi connectivity index (χ2v) is 4.12. The van der Waals surface area contributed by atoms with Crippen LogP contribution in [0.4, 0.5) is 0 Å². The average Bonchev–Trinajstić information content (AvgIpc) is 2.38. The monoisotopic (exact) mass is 240 g/mol. The van der Waals surface area contributed by atoms with Crippen LogP contribution in [-0.4, -0.2) is 5.84 Å². The SMILES string of the molecule is Cc1ccccc1COc1ccccc1C(=N)N. The number of amidine groups is 1. The zero-order valence-corrected chi connectivity index (χ0v) is 10.3. The number of nitrogen functional groups attached to an aromatic ring is 1. The fraction of sp³-hybridized carbons (Fsp3) is 0.133. The predicted octanol–water partition coefficient (Wildman–Crippen LogP) is 2.86. The van der Waals surface area contributed by atoms with Gasteiger partial charge in [-0.25, -0.2) is 0 Å². The highest BCUT2D eigenvalue weighted by molar-refractivity contribution is 5.97. The number of hydrogen-bond acceptors (Lipinski definition) is 2. The predicted molar refractivity (Wildman–Crippen MR) is 73.0 cm³/mol. The minimum Gasteiger partial charge on any atom is -0.488 e. The number of benzene rings is 2. The number of nitrogens with two attached hydrogens (primary N) is 1. The van der Waals surface area contributed by atoms with Crippen molar-refractivity contribution in [2.45, 2.75) is 13.5 Å². The summed E-state index contributed by atoms with van der Waals surface area (Å²) in [5.41, 5.74) is 8.47. The molecule has 0 unspecified atom stereocenters. The van der Waals surface area contributed by atoms with Crippen LogP contribution in [0.3, 0.4) is 0 Å². The molecule has 3 nitrogen and oxygen atoms in total. The first kappa shape index (κ1) is 12.2. The summed E-state index contributed by atoms with van der Waals surface area (Å²) in [6.45, 7) is 2.53. The minimum atomic E-state index is 0.0235. The normalized spacial score (nSPS) is 10.1. The molecule has 0 saturated carbocycles. The summed E-state index contributed by atoms with van der Waals surface area (Å²) >= 11 is 0. The molecule has 2 aromatic carbocycles. The molecule has 0 saturated heterocycles. The molecule has 0 aliphatic rings. The lowest BCUT2D eigenvalue weighted by Crippen LogP contribution is -2.13. The second kappa shape index (κ2) is 5.36. The first-order chi connectivity index (χ1) is 8.68. The van der Waals surface area contributed by atoms with Crippen molar-refractivity contribution in [2.24, 2.45) is 5.73 Å². The molecule has 0 fully saturated rings. The van der Waals surface area contributed by atoms with Crippen molar-refractivity contribution in [1.29, 1.82) is 5.41 Å². The lowest BCUT2D eigenvalue weighted by molar-refractivity contribution is 0.305. The van der Waals surface area contributed by atoms with Crippen molar-refractivity contribution >= 4 is 5.84 Å². The summed E-state index contributed by atoms with van der Waals surface area (Å²) in [6, 6.07) is 15.4.